The first-order chi connectivity index (χ1) is 8.38. The molecular weight excluding hydrogens is 214 g/mol. The second kappa shape index (κ2) is 4.57. The van der Waals surface area contributed by atoms with Crippen LogP contribution in [-0.4, -0.2) is 26.3 Å². The van der Waals surface area contributed by atoms with Crippen molar-refractivity contribution in [2.45, 2.75) is 31.7 Å². The number of methoxy groups -OCH3 is 1. The van der Waals surface area contributed by atoms with Gasteiger partial charge in [-0.15, -0.1) is 0 Å². The van der Waals surface area contributed by atoms with Gasteiger partial charge in [0.1, 0.15) is 0 Å². The fourth-order valence-corrected chi connectivity index (χ4v) is 2.88. The molecular formula is C14H19NO2. The Hall–Kier alpha value is -1.22. The van der Waals surface area contributed by atoms with Gasteiger partial charge >= 0.3 is 0 Å². The van der Waals surface area contributed by atoms with Crippen molar-refractivity contribution in [1.82, 2.24) is 5.32 Å². The molecule has 0 amide bonds. The highest BCUT2D eigenvalue weighted by Crippen LogP contribution is 2.38. The van der Waals surface area contributed by atoms with Crippen LogP contribution in [0, 0.1) is 0 Å². The third-order valence-electron chi connectivity index (χ3n) is 3.77. The summed E-state index contributed by atoms with van der Waals surface area (Å²) in [5.74, 6) is 1.85. The van der Waals surface area contributed by atoms with Gasteiger partial charge < -0.3 is 14.8 Å². The van der Waals surface area contributed by atoms with Gasteiger partial charge in [-0.2, -0.15) is 0 Å². The Morgan fingerprint density at radius 2 is 2.41 bits per heavy atom. The van der Waals surface area contributed by atoms with Crippen molar-refractivity contribution in [2.24, 2.45) is 0 Å². The average molecular weight is 233 g/mol. The Bertz CT molecular complexity index is 411. The topological polar surface area (TPSA) is 30.5 Å². The van der Waals surface area contributed by atoms with Gasteiger partial charge in [0.05, 0.1) is 13.7 Å². The molecule has 3 heteroatoms. The molecule has 2 aliphatic heterocycles. The lowest BCUT2D eigenvalue weighted by Crippen LogP contribution is -2.24. The fraction of sp³-hybridized carbons (Fsp3) is 0.571. The molecule has 0 aliphatic carbocycles. The highest BCUT2D eigenvalue weighted by Gasteiger charge is 2.23. The van der Waals surface area contributed by atoms with Crippen LogP contribution in [0.4, 0.5) is 0 Å². The van der Waals surface area contributed by atoms with Crippen LogP contribution >= 0.6 is 0 Å². The normalized spacial score (nSPS) is 22.3. The van der Waals surface area contributed by atoms with Gasteiger partial charge in [-0.05, 0) is 37.4 Å². The van der Waals surface area contributed by atoms with Crippen molar-refractivity contribution in [2.75, 3.05) is 20.3 Å². The van der Waals surface area contributed by atoms with Crippen molar-refractivity contribution in [1.29, 1.82) is 0 Å². The molecule has 1 unspecified atom stereocenters. The largest absolute Gasteiger partial charge is 0.493 e. The highest BCUT2D eigenvalue weighted by molar-refractivity contribution is 5.53. The van der Waals surface area contributed by atoms with Crippen LogP contribution in [0.5, 0.6) is 11.5 Å². The maximum Gasteiger partial charge on any atom is 0.164 e. The number of ether oxygens (including phenoxy) is 2. The van der Waals surface area contributed by atoms with E-state index in [1.54, 1.807) is 7.11 Å². The zero-order valence-corrected chi connectivity index (χ0v) is 10.3. The van der Waals surface area contributed by atoms with Gasteiger partial charge in [-0.3, -0.25) is 0 Å². The Morgan fingerprint density at radius 1 is 1.47 bits per heavy atom. The van der Waals surface area contributed by atoms with E-state index in [2.05, 4.69) is 11.4 Å². The quantitative estimate of drug-likeness (QED) is 0.865. The third kappa shape index (κ3) is 2.00. The molecule has 17 heavy (non-hydrogen) atoms. The summed E-state index contributed by atoms with van der Waals surface area (Å²) in [6.45, 7) is 1.96. The molecule has 0 spiro atoms. The van der Waals surface area contributed by atoms with E-state index in [1.807, 2.05) is 6.07 Å². The number of hydrogen-bond acceptors (Lipinski definition) is 3. The fourth-order valence-electron chi connectivity index (χ4n) is 2.88. The van der Waals surface area contributed by atoms with Crippen molar-refractivity contribution in [3.63, 3.8) is 0 Å². The van der Waals surface area contributed by atoms with Crippen LogP contribution in [-0.2, 0) is 12.8 Å². The van der Waals surface area contributed by atoms with E-state index in [1.165, 1.54) is 30.5 Å². The number of fused-ring (bicyclic) bond motifs is 1. The summed E-state index contributed by atoms with van der Waals surface area (Å²) < 4.78 is 11.0. The molecule has 1 aromatic rings. The maximum absolute atomic E-state index is 5.68. The number of rotatable bonds is 3. The van der Waals surface area contributed by atoms with E-state index in [0.29, 0.717) is 6.04 Å². The van der Waals surface area contributed by atoms with Gasteiger partial charge in [0.2, 0.25) is 0 Å². The van der Waals surface area contributed by atoms with E-state index >= 15 is 0 Å². The zero-order chi connectivity index (χ0) is 11.7. The summed E-state index contributed by atoms with van der Waals surface area (Å²) in [5.41, 5.74) is 2.79. The molecule has 2 aliphatic rings. The predicted octanol–water partition coefficient (Wildman–Crippen LogP) is 1.92. The summed E-state index contributed by atoms with van der Waals surface area (Å²) in [5, 5.41) is 3.55. The first-order valence-corrected chi connectivity index (χ1v) is 6.43. The third-order valence-corrected chi connectivity index (χ3v) is 3.77. The van der Waals surface area contributed by atoms with Crippen molar-refractivity contribution in [3.8, 4) is 11.5 Å². The SMILES string of the molecule is COc1ccc(CC2CCCN2)c2c1OCC2. The van der Waals surface area contributed by atoms with Gasteiger partial charge in [0, 0.05) is 18.0 Å². The summed E-state index contributed by atoms with van der Waals surface area (Å²) in [6.07, 6.45) is 4.74. The average Bonchev–Trinajstić information content (AvgIpc) is 2.99. The molecule has 0 aromatic heterocycles. The van der Waals surface area contributed by atoms with Gasteiger partial charge in [0.25, 0.3) is 0 Å². The molecule has 0 radical (unpaired) electrons. The van der Waals surface area contributed by atoms with Crippen molar-refractivity contribution >= 4 is 0 Å². The Balaban J connectivity index is 1.87. The molecule has 1 aromatic carbocycles. The molecule has 1 saturated heterocycles. The van der Waals surface area contributed by atoms with E-state index in [4.69, 9.17) is 9.47 Å². The Morgan fingerprint density at radius 3 is 3.18 bits per heavy atom. The first-order valence-electron chi connectivity index (χ1n) is 6.43. The van der Waals surface area contributed by atoms with Crippen LogP contribution in [0.1, 0.15) is 24.0 Å². The molecule has 0 saturated carbocycles. The highest BCUT2D eigenvalue weighted by atomic mass is 16.5. The minimum Gasteiger partial charge on any atom is -0.493 e. The molecule has 3 rings (SSSR count). The van der Waals surface area contributed by atoms with E-state index in [9.17, 15) is 0 Å². The lowest BCUT2D eigenvalue weighted by atomic mass is 9.97. The van der Waals surface area contributed by atoms with Crippen LogP contribution in [0.2, 0.25) is 0 Å². The minimum absolute atomic E-state index is 0.646. The number of nitrogens with one attached hydrogen (secondary N) is 1. The molecule has 1 fully saturated rings. The summed E-state index contributed by atoms with van der Waals surface area (Å²) in [4.78, 5) is 0. The lowest BCUT2D eigenvalue weighted by Gasteiger charge is -2.14. The van der Waals surface area contributed by atoms with Crippen LogP contribution in [0.25, 0.3) is 0 Å². The smallest absolute Gasteiger partial charge is 0.164 e. The minimum atomic E-state index is 0.646. The standard InChI is InChI=1S/C14H19NO2/c1-16-13-5-4-10(9-11-3-2-7-15-11)12-6-8-17-14(12)13/h4-5,11,15H,2-3,6-9H2,1H3. The number of benzene rings is 1. The summed E-state index contributed by atoms with van der Waals surface area (Å²) in [6, 6.07) is 4.88. The van der Waals surface area contributed by atoms with Crippen LogP contribution in [0.15, 0.2) is 12.1 Å². The molecule has 1 atom stereocenters. The molecule has 2 heterocycles. The number of hydrogen-bond donors (Lipinski definition) is 1. The predicted molar refractivity (Wildman–Crippen MR) is 66.9 cm³/mol. The molecule has 1 N–H and O–H groups in total. The summed E-state index contributed by atoms with van der Waals surface area (Å²) >= 11 is 0. The summed E-state index contributed by atoms with van der Waals surface area (Å²) in [7, 11) is 1.70. The van der Waals surface area contributed by atoms with E-state index < -0.39 is 0 Å². The monoisotopic (exact) mass is 233 g/mol. The Labute approximate surface area is 102 Å². The van der Waals surface area contributed by atoms with Gasteiger partial charge in [-0.25, -0.2) is 0 Å². The molecule has 0 bridgehead atoms. The molecule has 92 valence electrons. The second-order valence-corrected chi connectivity index (χ2v) is 4.83. The van der Waals surface area contributed by atoms with Gasteiger partial charge in [-0.1, -0.05) is 6.07 Å². The van der Waals surface area contributed by atoms with Gasteiger partial charge in [0.15, 0.2) is 11.5 Å². The molecule has 3 nitrogen and oxygen atoms in total. The van der Waals surface area contributed by atoms with Crippen LogP contribution < -0.4 is 14.8 Å². The first kappa shape index (κ1) is 10.9. The maximum atomic E-state index is 5.68. The second-order valence-electron chi connectivity index (χ2n) is 4.83. The Kier molecular flexibility index (Phi) is 2.93. The lowest BCUT2D eigenvalue weighted by molar-refractivity contribution is 0.326. The van der Waals surface area contributed by atoms with E-state index in [0.717, 1.165) is 30.9 Å². The zero-order valence-electron chi connectivity index (χ0n) is 10.3. The van der Waals surface area contributed by atoms with E-state index in [-0.39, 0.29) is 0 Å². The van der Waals surface area contributed by atoms with Crippen molar-refractivity contribution in [3.05, 3.63) is 23.3 Å². The van der Waals surface area contributed by atoms with Crippen LogP contribution in [0.3, 0.4) is 0 Å². The van der Waals surface area contributed by atoms with Crippen molar-refractivity contribution < 1.29 is 9.47 Å².